The molecule has 118 valence electrons. The molecule has 0 atom stereocenters. The summed E-state index contributed by atoms with van der Waals surface area (Å²) in [4.78, 5) is 0. The van der Waals surface area contributed by atoms with Crippen LogP contribution >= 0.6 is 15.9 Å². The summed E-state index contributed by atoms with van der Waals surface area (Å²) in [7, 11) is 0. The van der Waals surface area contributed by atoms with E-state index in [1.165, 1.54) is 12.1 Å². The number of ether oxygens (including phenoxy) is 1. The zero-order valence-electron chi connectivity index (χ0n) is 12.5. The Hall–Kier alpha value is -1.49. The summed E-state index contributed by atoms with van der Waals surface area (Å²) in [5.41, 5.74) is 2.55. The predicted octanol–water partition coefficient (Wildman–Crippen LogP) is 6.31. The average molecular weight is 373 g/mol. The van der Waals surface area contributed by atoms with Crippen molar-refractivity contribution in [1.82, 2.24) is 0 Å². The van der Waals surface area contributed by atoms with Crippen molar-refractivity contribution in [3.8, 4) is 16.9 Å². The van der Waals surface area contributed by atoms with Crippen molar-refractivity contribution in [2.45, 2.75) is 32.5 Å². The van der Waals surface area contributed by atoms with Gasteiger partial charge in [0.2, 0.25) is 0 Å². The van der Waals surface area contributed by atoms with Crippen molar-refractivity contribution < 1.29 is 17.9 Å². The molecule has 0 fully saturated rings. The van der Waals surface area contributed by atoms with Crippen LogP contribution in [0.2, 0.25) is 0 Å². The third kappa shape index (κ3) is 4.50. The smallest absolute Gasteiger partial charge is 0.406 e. The summed E-state index contributed by atoms with van der Waals surface area (Å²) in [6.45, 7) is 6.26. The molecule has 2 rings (SSSR count). The largest absolute Gasteiger partial charge is 0.573 e. The van der Waals surface area contributed by atoms with Crippen LogP contribution in [-0.4, -0.2) is 6.36 Å². The molecule has 0 radical (unpaired) electrons. The first-order valence-electron chi connectivity index (χ1n) is 6.72. The second-order valence-corrected chi connectivity index (χ2v) is 6.97. The fraction of sp³-hybridized carbons (Fsp3) is 0.294. The Morgan fingerprint density at radius 2 is 1.59 bits per heavy atom. The molecule has 0 saturated carbocycles. The van der Waals surface area contributed by atoms with Crippen LogP contribution in [0.1, 0.15) is 26.3 Å². The molecule has 0 unspecified atom stereocenters. The third-order valence-electron chi connectivity index (χ3n) is 3.16. The standard InChI is InChI=1S/C17H16BrF3O/c1-16(2,3)13-7-12(8-14(18)10-13)11-5-4-6-15(9-11)22-17(19,20)21/h4-10H,1-3H3. The Morgan fingerprint density at radius 1 is 0.909 bits per heavy atom. The van der Waals surface area contributed by atoms with Gasteiger partial charge >= 0.3 is 6.36 Å². The van der Waals surface area contributed by atoms with Crippen molar-refractivity contribution in [3.05, 3.63) is 52.5 Å². The van der Waals surface area contributed by atoms with Crippen LogP contribution in [0.25, 0.3) is 11.1 Å². The molecule has 0 aromatic heterocycles. The number of hydrogen-bond donors (Lipinski definition) is 0. The van der Waals surface area contributed by atoms with E-state index < -0.39 is 6.36 Å². The SMILES string of the molecule is CC(C)(C)c1cc(Br)cc(-c2cccc(OC(F)(F)F)c2)c1. The molecule has 0 N–H and O–H groups in total. The lowest BCUT2D eigenvalue weighted by atomic mass is 9.85. The van der Waals surface area contributed by atoms with Crippen LogP contribution in [0, 0.1) is 0 Å². The summed E-state index contributed by atoms with van der Waals surface area (Å²) in [5, 5.41) is 0. The maximum Gasteiger partial charge on any atom is 0.573 e. The lowest BCUT2D eigenvalue weighted by molar-refractivity contribution is -0.274. The van der Waals surface area contributed by atoms with Gasteiger partial charge in [0.15, 0.2) is 0 Å². The number of rotatable bonds is 2. The molecular weight excluding hydrogens is 357 g/mol. The van der Waals surface area contributed by atoms with Crippen LogP contribution < -0.4 is 4.74 Å². The fourth-order valence-electron chi connectivity index (χ4n) is 2.06. The van der Waals surface area contributed by atoms with Crippen molar-refractivity contribution >= 4 is 15.9 Å². The summed E-state index contributed by atoms with van der Waals surface area (Å²) < 4.78 is 41.9. The predicted molar refractivity (Wildman–Crippen MR) is 85.0 cm³/mol. The monoisotopic (exact) mass is 372 g/mol. The minimum absolute atomic E-state index is 0.0569. The summed E-state index contributed by atoms with van der Waals surface area (Å²) in [5.74, 6) is -0.220. The molecule has 0 aliphatic rings. The molecule has 0 saturated heterocycles. The van der Waals surface area contributed by atoms with Crippen molar-refractivity contribution in [2.24, 2.45) is 0 Å². The van der Waals surface area contributed by atoms with E-state index in [-0.39, 0.29) is 11.2 Å². The van der Waals surface area contributed by atoms with Gasteiger partial charge in [0.05, 0.1) is 0 Å². The highest BCUT2D eigenvalue weighted by Gasteiger charge is 2.31. The Kier molecular flexibility index (Phi) is 4.57. The van der Waals surface area contributed by atoms with E-state index in [4.69, 9.17) is 0 Å². The Balaban J connectivity index is 2.44. The van der Waals surface area contributed by atoms with Gasteiger partial charge in [0.1, 0.15) is 5.75 Å². The Labute approximate surface area is 136 Å². The minimum Gasteiger partial charge on any atom is -0.406 e. The molecule has 0 aliphatic heterocycles. The van der Waals surface area contributed by atoms with Gasteiger partial charge in [-0.3, -0.25) is 0 Å². The highest BCUT2D eigenvalue weighted by Crippen LogP contribution is 2.33. The van der Waals surface area contributed by atoms with E-state index in [1.807, 2.05) is 18.2 Å². The van der Waals surface area contributed by atoms with E-state index in [2.05, 4.69) is 41.4 Å². The second-order valence-electron chi connectivity index (χ2n) is 6.05. The summed E-state index contributed by atoms with van der Waals surface area (Å²) >= 11 is 3.46. The van der Waals surface area contributed by atoms with Gasteiger partial charge in [-0.25, -0.2) is 0 Å². The van der Waals surface area contributed by atoms with Crippen molar-refractivity contribution in [3.63, 3.8) is 0 Å². The first kappa shape index (κ1) is 16.9. The topological polar surface area (TPSA) is 9.23 Å². The summed E-state index contributed by atoms with van der Waals surface area (Å²) in [6.07, 6.45) is -4.69. The Bertz CT molecular complexity index is 672. The first-order valence-corrected chi connectivity index (χ1v) is 7.51. The number of hydrogen-bond acceptors (Lipinski definition) is 1. The molecule has 0 amide bonds. The van der Waals surface area contributed by atoms with E-state index in [1.54, 1.807) is 12.1 Å². The molecule has 5 heteroatoms. The first-order chi connectivity index (χ1) is 10.0. The zero-order valence-corrected chi connectivity index (χ0v) is 14.0. The van der Waals surface area contributed by atoms with Crippen LogP contribution in [0.15, 0.2) is 46.9 Å². The van der Waals surface area contributed by atoms with Crippen LogP contribution in [0.5, 0.6) is 5.75 Å². The second kappa shape index (κ2) is 5.95. The van der Waals surface area contributed by atoms with Crippen LogP contribution in [0.3, 0.4) is 0 Å². The van der Waals surface area contributed by atoms with Gasteiger partial charge in [0.25, 0.3) is 0 Å². The molecule has 0 spiro atoms. The van der Waals surface area contributed by atoms with E-state index in [0.717, 1.165) is 15.6 Å². The lowest BCUT2D eigenvalue weighted by Crippen LogP contribution is -2.17. The van der Waals surface area contributed by atoms with Gasteiger partial charge in [-0.2, -0.15) is 0 Å². The molecule has 0 bridgehead atoms. The normalized spacial score (nSPS) is 12.3. The minimum atomic E-state index is -4.69. The molecule has 0 aliphatic carbocycles. The fourth-order valence-corrected chi connectivity index (χ4v) is 2.56. The van der Waals surface area contributed by atoms with Crippen LogP contribution in [0.4, 0.5) is 13.2 Å². The molecule has 22 heavy (non-hydrogen) atoms. The third-order valence-corrected chi connectivity index (χ3v) is 3.62. The Morgan fingerprint density at radius 3 is 2.18 bits per heavy atom. The maximum absolute atomic E-state index is 12.3. The van der Waals surface area contributed by atoms with Gasteiger partial charge in [-0.05, 0) is 46.4 Å². The molecule has 0 heterocycles. The average Bonchev–Trinajstić information content (AvgIpc) is 2.35. The number of halogens is 4. The molecule has 2 aromatic carbocycles. The molecule has 2 aromatic rings. The lowest BCUT2D eigenvalue weighted by Gasteiger charge is -2.20. The van der Waals surface area contributed by atoms with Crippen molar-refractivity contribution in [2.75, 3.05) is 0 Å². The van der Waals surface area contributed by atoms with Gasteiger partial charge in [-0.15, -0.1) is 13.2 Å². The van der Waals surface area contributed by atoms with Gasteiger partial charge < -0.3 is 4.74 Å². The quantitative estimate of drug-likeness (QED) is 0.599. The molecule has 1 nitrogen and oxygen atoms in total. The summed E-state index contributed by atoms with van der Waals surface area (Å²) in [6, 6.07) is 11.9. The molecular formula is C17H16BrF3O. The zero-order chi connectivity index (χ0) is 16.5. The van der Waals surface area contributed by atoms with Crippen LogP contribution in [-0.2, 0) is 5.41 Å². The van der Waals surface area contributed by atoms with E-state index in [0.29, 0.717) is 5.56 Å². The van der Waals surface area contributed by atoms with Crippen molar-refractivity contribution in [1.29, 1.82) is 0 Å². The highest BCUT2D eigenvalue weighted by atomic mass is 79.9. The number of benzene rings is 2. The van der Waals surface area contributed by atoms with Gasteiger partial charge in [0, 0.05) is 4.47 Å². The number of alkyl halides is 3. The van der Waals surface area contributed by atoms with E-state index >= 15 is 0 Å². The highest BCUT2D eigenvalue weighted by molar-refractivity contribution is 9.10. The van der Waals surface area contributed by atoms with E-state index in [9.17, 15) is 13.2 Å². The maximum atomic E-state index is 12.3. The van der Waals surface area contributed by atoms with Gasteiger partial charge in [-0.1, -0.05) is 54.9 Å².